The summed E-state index contributed by atoms with van der Waals surface area (Å²) < 4.78 is 2.42. The molecule has 0 unspecified atom stereocenters. The highest BCUT2D eigenvalue weighted by atomic mass is 32.1. The van der Waals surface area contributed by atoms with E-state index in [4.69, 9.17) is 12.2 Å². The molecule has 0 aromatic carbocycles. The summed E-state index contributed by atoms with van der Waals surface area (Å²) in [6.07, 6.45) is 5.48. The predicted molar refractivity (Wildman–Crippen MR) is 76.4 cm³/mol. The zero-order valence-electron chi connectivity index (χ0n) is 10.9. The molecule has 1 saturated carbocycles. The molecule has 1 aliphatic rings. The first kappa shape index (κ1) is 13.0. The number of hydrogen-bond donors (Lipinski definition) is 2. The number of carbonyl (C=O) groups is 1. The Morgan fingerprint density at radius 3 is 3.10 bits per heavy atom. The fraction of sp³-hybridized carbons (Fsp3) is 0.385. The first-order valence-electron chi connectivity index (χ1n) is 6.59. The minimum absolute atomic E-state index is 0.142. The molecule has 2 heterocycles. The lowest BCUT2D eigenvalue weighted by molar-refractivity contribution is -0.122. The third kappa shape index (κ3) is 2.77. The number of rotatable bonds is 5. The van der Waals surface area contributed by atoms with Crippen molar-refractivity contribution in [3.63, 3.8) is 0 Å². The van der Waals surface area contributed by atoms with E-state index in [1.54, 1.807) is 12.4 Å². The Labute approximate surface area is 121 Å². The Balaban J connectivity index is 1.71. The fourth-order valence-electron chi connectivity index (χ4n) is 2.02. The van der Waals surface area contributed by atoms with Crippen molar-refractivity contribution >= 4 is 18.1 Å². The van der Waals surface area contributed by atoms with Crippen LogP contribution in [0.3, 0.4) is 0 Å². The number of amides is 1. The molecule has 1 aliphatic carbocycles. The van der Waals surface area contributed by atoms with Crippen LogP contribution in [0.1, 0.15) is 12.8 Å². The van der Waals surface area contributed by atoms with Crippen molar-refractivity contribution < 1.29 is 4.79 Å². The Morgan fingerprint density at radius 1 is 1.55 bits per heavy atom. The van der Waals surface area contributed by atoms with E-state index in [1.165, 1.54) is 0 Å². The first-order valence-corrected chi connectivity index (χ1v) is 7.00. The van der Waals surface area contributed by atoms with Gasteiger partial charge in [-0.15, -0.1) is 0 Å². The summed E-state index contributed by atoms with van der Waals surface area (Å²) in [7, 11) is 0. The minimum atomic E-state index is 0.142. The van der Waals surface area contributed by atoms with E-state index in [0.717, 1.165) is 24.2 Å². The second-order valence-corrected chi connectivity index (χ2v) is 5.20. The van der Waals surface area contributed by atoms with Gasteiger partial charge in [0.05, 0.1) is 0 Å². The van der Waals surface area contributed by atoms with Crippen LogP contribution < -0.4 is 5.32 Å². The van der Waals surface area contributed by atoms with Crippen molar-refractivity contribution in [1.82, 2.24) is 25.1 Å². The van der Waals surface area contributed by atoms with E-state index < -0.39 is 0 Å². The molecule has 3 rings (SSSR count). The van der Waals surface area contributed by atoms with Crippen LogP contribution in [-0.2, 0) is 11.3 Å². The van der Waals surface area contributed by atoms with Gasteiger partial charge in [0.1, 0.15) is 0 Å². The highest BCUT2D eigenvalue weighted by molar-refractivity contribution is 7.71. The fourth-order valence-corrected chi connectivity index (χ4v) is 2.24. The number of nitrogens with one attached hydrogen (secondary N) is 2. The van der Waals surface area contributed by atoms with E-state index in [9.17, 15) is 4.79 Å². The van der Waals surface area contributed by atoms with Crippen LogP contribution in [0.2, 0.25) is 0 Å². The molecule has 2 N–H and O–H groups in total. The minimum Gasteiger partial charge on any atom is -0.354 e. The molecule has 0 bridgehead atoms. The summed E-state index contributed by atoms with van der Waals surface area (Å²) in [6, 6.07) is 3.78. The lowest BCUT2D eigenvalue weighted by Gasteiger charge is -2.07. The van der Waals surface area contributed by atoms with Gasteiger partial charge in [-0.3, -0.25) is 19.4 Å². The average Bonchev–Trinajstić information content (AvgIpc) is 3.26. The average molecular weight is 289 g/mol. The van der Waals surface area contributed by atoms with E-state index in [1.807, 2.05) is 16.7 Å². The van der Waals surface area contributed by atoms with Crippen molar-refractivity contribution in [2.24, 2.45) is 5.92 Å². The van der Waals surface area contributed by atoms with Crippen LogP contribution in [-0.4, -0.2) is 32.2 Å². The van der Waals surface area contributed by atoms with Crippen molar-refractivity contribution in [3.05, 3.63) is 29.3 Å². The number of pyridine rings is 1. The normalized spacial score (nSPS) is 14.2. The van der Waals surface area contributed by atoms with Crippen molar-refractivity contribution in [3.8, 4) is 11.4 Å². The number of aromatic nitrogens is 4. The van der Waals surface area contributed by atoms with Gasteiger partial charge in [-0.1, -0.05) is 0 Å². The highest BCUT2D eigenvalue weighted by Crippen LogP contribution is 2.28. The lowest BCUT2D eigenvalue weighted by atomic mass is 10.3. The number of hydrogen-bond acceptors (Lipinski definition) is 4. The standard InChI is InChI=1S/C13H15N5OS/c19-12(9-3-4-9)15-6-7-18-11(16-17-13(18)20)10-2-1-5-14-8-10/h1-2,5,8-9H,3-4,6-7H2,(H,15,19)(H,17,20). The SMILES string of the molecule is O=C(NCCn1c(-c2cccnc2)n[nH]c1=S)C1CC1. The van der Waals surface area contributed by atoms with Gasteiger partial charge in [0.2, 0.25) is 5.91 Å². The molecule has 0 saturated heterocycles. The predicted octanol–water partition coefficient (Wildman–Crippen LogP) is 1.53. The second-order valence-electron chi connectivity index (χ2n) is 4.81. The van der Waals surface area contributed by atoms with Gasteiger partial charge in [0.25, 0.3) is 0 Å². The summed E-state index contributed by atoms with van der Waals surface area (Å²) in [5.74, 6) is 1.11. The van der Waals surface area contributed by atoms with Crippen molar-refractivity contribution in [2.75, 3.05) is 6.54 Å². The maximum absolute atomic E-state index is 11.6. The van der Waals surface area contributed by atoms with Crippen LogP contribution in [0.15, 0.2) is 24.5 Å². The largest absolute Gasteiger partial charge is 0.354 e. The quantitative estimate of drug-likeness (QED) is 0.819. The number of H-pyrrole nitrogens is 1. The molecule has 104 valence electrons. The summed E-state index contributed by atoms with van der Waals surface area (Å²) in [4.78, 5) is 15.7. The molecule has 0 radical (unpaired) electrons. The van der Waals surface area contributed by atoms with Crippen LogP contribution in [0, 0.1) is 10.7 Å². The van der Waals surface area contributed by atoms with Crippen LogP contribution in [0.25, 0.3) is 11.4 Å². The first-order chi connectivity index (χ1) is 9.75. The maximum Gasteiger partial charge on any atom is 0.223 e. The van der Waals surface area contributed by atoms with Gasteiger partial charge >= 0.3 is 0 Å². The summed E-state index contributed by atoms with van der Waals surface area (Å²) in [5.41, 5.74) is 0.897. The Kier molecular flexibility index (Phi) is 3.60. The number of aromatic amines is 1. The molecular formula is C13H15N5OS. The van der Waals surface area contributed by atoms with Gasteiger partial charge < -0.3 is 5.32 Å². The van der Waals surface area contributed by atoms with Gasteiger partial charge in [0.15, 0.2) is 10.6 Å². The van der Waals surface area contributed by atoms with Gasteiger partial charge in [-0.25, -0.2) is 0 Å². The number of carbonyl (C=O) groups excluding carboxylic acids is 1. The van der Waals surface area contributed by atoms with Crippen LogP contribution in [0.5, 0.6) is 0 Å². The molecule has 7 heteroatoms. The monoisotopic (exact) mass is 289 g/mol. The highest BCUT2D eigenvalue weighted by Gasteiger charge is 2.29. The summed E-state index contributed by atoms with van der Waals surface area (Å²) in [6.45, 7) is 1.15. The lowest BCUT2D eigenvalue weighted by Crippen LogP contribution is -2.28. The second kappa shape index (κ2) is 5.54. The Hall–Kier alpha value is -2.02. The molecule has 2 aromatic heterocycles. The topological polar surface area (TPSA) is 75.6 Å². The molecule has 2 aromatic rings. The van der Waals surface area contributed by atoms with Gasteiger partial charge in [0, 0.05) is 37.0 Å². The molecule has 6 nitrogen and oxygen atoms in total. The van der Waals surface area contributed by atoms with E-state index >= 15 is 0 Å². The summed E-state index contributed by atoms with van der Waals surface area (Å²) >= 11 is 5.23. The molecule has 1 amide bonds. The smallest absolute Gasteiger partial charge is 0.223 e. The van der Waals surface area contributed by atoms with Crippen molar-refractivity contribution in [2.45, 2.75) is 19.4 Å². The zero-order chi connectivity index (χ0) is 13.9. The third-order valence-corrected chi connectivity index (χ3v) is 3.57. The van der Waals surface area contributed by atoms with Gasteiger partial charge in [-0.2, -0.15) is 5.10 Å². The molecular weight excluding hydrogens is 274 g/mol. The van der Waals surface area contributed by atoms with E-state index in [-0.39, 0.29) is 11.8 Å². The van der Waals surface area contributed by atoms with E-state index in [0.29, 0.717) is 17.9 Å². The molecule has 1 fully saturated rings. The van der Waals surface area contributed by atoms with E-state index in [2.05, 4.69) is 20.5 Å². The molecule has 0 spiro atoms. The zero-order valence-corrected chi connectivity index (χ0v) is 11.7. The van der Waals surface area contributed by atoms with Crippen LogP contribution in [0.4, 0.5) is 0 Å². The molecule has 0 atom stereocenters. The van der Waals surface area contributed by atoms with Gasteiger partial charge in [-0.05, 0) is 37.2 Å². The van der Waals surface area contributed by atoms with Crippen LogP contribution >= 0.6 is 12.2 Å². The Morgan fingerprint density at radius 2 is 2.40 bits per heavy atom. The molecule has 0 aliphatic heterocycles. The Bertz CT molecular complexity index is 659. The maximum atomic E-state index is 11.6. The summed E-state index contributed by atoms with van der Waals surface area (Å²) in [5, 5.41) is 9.93. The molecule has 20 heavy (non-hydrogen) atoms. The number of nitrogens with zero attached hydrogens (tertiary/aromatic N) is 3. The van der Waals surface area contributed by atoms with Crippen molar-refractivity contribution in [1.29, 1.82) is 0 Å². The third-order valence-electron chi connectivity index (χ3n) is 3.26.